The summed E-state index contributed by atoms with van der Waals surface area (Å²) in [6, 6.07) is 35.3. The Bertz CT molecular complexity index is 1380. The zero-order chi connectivity index (χ0) is 31.3. The minimum Gasteiger partial charge on any atom is -0.459 e. The van der Waals surface area contributed by atoms with Crippen molar-refractivity contribution in [3.63, 3.8) is 0 Å². The molecule has 44 heavy (non-hydrogen) atoms. The number of hydroxylamine groups is 2. The molecule has 2 atom stereocenters. The van der Waals surface area contributed by atoms with Crippen molar-refractivity contribution < 1.29 is 33.5 Å². The van der Waals surface area contributed by atoms with E-state index in [1.807, 2.05) is 60.7 Å². The maximum absolute atomic E-state index is 13.1. The molecule has 6 N–H and O–H groups in total. The lowest BCUT2D eigenvalue weighted by atomic mass is 9.91. The predicted octanol–water partition coefficient (Wildman–Crippen LogP) is 3.34. The normalized spacial score (nSPS) is 13.5. The molecule has 4 aromatic rings. The van der Waals surface area contributed by atoms with Gasteiger partial charge in [-0.05, 0) is 22.3 Å². The van der Waals surface area contributed by atoms with Gasteiger partial charge in [0.15, 0.2) is 11.1 Å². The number of benzene rings is 4. The number of esters is 2. The molecule has 0 aliphatic carbocycles. The lowest BCUT2D eigenvalue weighted by molar-refractivity contribution is -0.153. The summed E-state index contributed by atoms with van der Waals surface area (Å²) >= 11 is 0. The molecule has 0 amide bonds. The zero-order valence-electron chi connectivity index (χ0n) is 23.9. The van der Waals surface area contributed by atoms with E-state index in [2.05, 4.69) is 11.0 Å². The number of carbonyl (C=O) groups excluding carboxylic acids is 3. The second-order valence-electron chi connectivity index (χ2n) is 9.89. The van der Waals surface area contributed by atoms with E-state index in [9.17, 15) is 14.4 Å². The number of nitrogens with two attached hydrogens (primary N) is 2. The van der Waals surface area contributed by atoms with Gasteiger partial charge in [-0.15, -0.1) is 11.0 Å². The first-order valence-corrected chi connectivity index (χ1v) is 13.8. The van der Waals surface area contributed by atoms with Gasteiger partial charge in [0.1, 0.15) is 13.2 Å². The van der Waals surface area contributed by atoms with Crippen molar-refractivity contribution in [1.29, 1.82) is 0 Å². The van der Waals surface area contributed by atoms with Crippen LogP contribution in [0.1, 0.15) is 22.3 Å². The average molecular weight is 599 g/mol. The largest absolute Gasteiger partial charge is 0.547 e. The summed E-state index contributed by atoms with van der Waals surface area (Å²) in [4.78, 5) is 48.5. The minimum absolute atomic E-state index is 0.00825. The van der Waals surface area contributed by atoms with Crippen molar-refractivity contribution in [2.45, 2.75) is 24.3 Å². The van der Waals surface area contributed by atoms with Gasteiger partial charge in [-0.2, -0.15) is 4.79 Å². The maximum atomic E-state index is 13.1. The fourth-order valence-corrected chi connectivity index (χ4v) is 4.20. The van der Waals surface area contributed by atoms with E-state index >= 15 is 0 Å². The Balaban J connectivity index is 1.33. The molecule has 11 nitrogen and oxygen atoms in total. The molecular weight excluding hydrogens is 564 g/mol. The zero-order valence-corrected chi connectivity index (χ0v) is 23.9. The molecular formula is C33H34N4O7. The van der Waals surface area contributed by atoms with Gasteiger partial charge >= 0.3 is 18.1 Å². The Labute approximate surface area is 255 Å². The van der Waals surface area contributed by atoms with Crippen molar-refractivity contribution in [3.8, 4) is 0 Å². The van der Waals surface area contributed by atoms with E-state index in [1.54, 1.807) is 60.7 Å². The monoisotopic (exact) mass is 598 g/mol. The highest BCUT2D eigenvalue weighted by molar-refractivity contribution is 5.83. The number of ether oxygens (including phenoxy) is 2. The molecule has 228 valence electrons. The molecule has 0 radical (unpaired) electrons. The first kappa shape index (κ1) is 31.9. The predicted molar refractivity (Wildman–Crippen MR) is 161 cm³/mol. The molecule has 0 spiro atoms. The van der Waals surface area contributed by atoms with Gasteiger partial charge in [-0.3, -0.25) is 0 Å². The minimum atomic E-state index is -1.70. The van der Waals surface area contributed by atoms with Crippen LogP contribution in [0.4, 0.5) is 4.79 Å². The van der Waals surface area contributed by atoms with Gasteiger partial charge in [0.2, 0.25) is 0 Å². The first-order chi connectivity index (χ1) is 21.3. The molecule has 4 rings (SSSR count). The standard InChI is InChI=1S/C33H34N4O7/c34-32(27-17-9-3-10-18-27,29(38)41-21-25-13-5-1-6-14-25)23-36-43-31(40)44-37-24-33(35,28-19-11-4-12-20-28)30(39)42-22-26-15-7-2-8-16-26/h1-20,36-37H,21-24,34-35H2. The molecule has 0 heterocycles. The molecule has 11 heteroatoms. The summed E-state index contributed by atoms with van der Waals surface area (Å²) in [5.41, 5.74) is 16.8. The van der Waals surface area contributed by atoms with Crippen LogP contribution in [0.3, 0.4) is 0 Å². The SMILES string of the molecule is NC(CNOC(=O)ONCC(N)(C(=O)OCc1ccccc1)c1ccccc1)(C(=O)OCc1ccccc1)c1ccccc1. The van der Waals surface area contributed by atoms with Crippen LogP contribution in [-0.2, 0) is 53.0 Å². The van der Waals surface area contributed by atoms with Crippen LogP contribution in [0.25, 0.3) is 0 Å². The van der Waals surface area contributed by atoms with Crippen molar-refractivity contribution in [2.75, 3.05) is 13.1 Å². The quantitative estimate of drug-likeness (QED) is 0.0956. The fourth-order valence-electron chi connectivity index (χ4n) is 4.20. The van der Waals surface area contributed by atoms with E-state index in [-0.39, 0.29) is 26.3 Å². The number of rotatable bonds is 14. The maximum Gasteiger partial charge on any atom is 0.547 e. The molecule has 4 aromatic carbocycles. The van der Waals surface area contributed by atoms with Gasteiger partial charge in [0.25, 0.3) is 0 Å². The molecule has 0 aliphatic heterocycles. The second-order valence-corrected chi connectivity index (χ2v) is 9.89. The number of hydrogen-bond donors (Lipinski definition) is 4. The first-order valence-electron chi connectivity index (χ1n) is 13.8. The second kappa shape index (κ2) is 15.4. The topological polar surface area (TPSA) is 164 Å². The Morgan fingerprint density at radius 2 is 0.841 bits per heavy atom. The Morgan fingerprint density at radius 3 is 1.18 bits per heavy atom. The molecule has 0 saturated carbocycles. The molecule has 0 bridgehead atoms. The van der Waals surface area contributed by atoms with Crippen LogP contribution >= 0.6 is 0 Å². The van der Waals surface area contributed by atoms with Crippen LogP contribution < -0.4 is 22.4 Å². The summed E-state index contributed by atoms with van der Waals surface area (Å²) in [6.45, 7) is -0.657. The lowest BCUT2D eigenvalue weighted by Gasteiger charge is -2.28. The van der Waals surface area contributed by atoms with E-state index in [1.165, 1.54) is 0 Å². The van der Waals surface area contributed by atoms with E-state index in [0.717, 1.165) is 11.1 Å². The van der Waals surface area contributed by atoms with Gasteiger partial charge in [0.05, 0.1) is 13.1 Å². The Kier molecular flexibility index (Phi) is 11.2. The highest BCUT2D eigenvalue weighted by Crippen LogP contribution is 2.22. The van der Waals surface area contributed by atoms with Crippen LogP contribution in [-0.4, -0.2) is 31.2 Å². The van der Waals surface area contributed by atoms with Crippen LogP contribution in [0.2, 0.25) is 0 Å². The van der Waals surface area contributed by atoms with Crippen molar-refractivity contribution in [2.24, 2.45) is 11.5 Å². The van der Waals surface area contributed by atoms with Crippen molar-refractivity contribution in [3.05, 3.63) is 144 Å². The highest BCUT2D eigenvalue weighted by Gasteiger charge is 2.39. The van der Waals surface area contributed by atoms with Crippen LogP contribution in [0.15, 0.2) is 121 Å². The summed E-state index contributed by atoms with van der Waals surface area (Å²) in [5, 5.41) is 0. The highest BCUT2D eigenvalue weighted by atomic mass is 16.9. The average Bonchev–Trinajstić information content (AvgIpc) is 3.07. The molecule has 2 unspecified atom stereocenters. The van der Waals surface area contributed by atoms with Gasteiger partial charge in [-0.1, -0.05) is 121 Å². The third-order valence-corrected chi connectivity index (χ3v) is 6.74. The van der Waals surface area contributed by atoms with Gasteiger partial charge < -0.3 is 30.6 Å². The Hall–Kier alpha value is -5.07. The Morgan fingerprint density at radius 1 is 0.523 bits per heavy atom. The number of nitrogens with one attached hydrogen (secondary N) is 2. The van der Waals surface area contributed by atoms with E-state index in [0.29, 0.717) is 11.1 Å². The van der Waals surface area contributed by atoms with Gasteiger partial charge in [0, 0.05) is 0 Å². The number of hydrogen-bond acceptors (Lipinski definition) is 11. The molecule has 0 fully saturated rings. The summed E-state index contributed by atoms with van der Waals surface area (Å²) in [7, 11) is 0. The third kappa shape index (κ3) is 8.49. The van der Waals surface area contributed by atoms with Crippen LogP contribution in [0.5, 0.6) is 0 Å². The molecule has 0 saturated heterocycles. The van der Waals surface area contributed by atoms with Crippen molar-refractivity contribution >= 4 is 18.1 Å². The lowest BCUT2D eigenvalue weighted by Crippen LogP contribution is -2.54. The summed E-state index contributed by atoms with van der Waals surface area (Å²) < 4.78 is 10.9. The van der Waals surface area contributed by atoms with Gasteiger partial charge in [-0.25, -0.2) is 9.59 Å². The molecule has 0 aromatic heterocycles. The number of carbonyl (C=O) groups is 3. The van der Waals surface area contributed by atoms with E-state index < -0.39 is 29.2 Å². The smallest absolute Gasteiger partial charge is 0.459 e. The van der Waals surface area contributed by atoms with Crippen LogP contribution in [0, 0.1) is 0 Å². The summed E-state index contributed by atoms with van der Waals surface area (Å²) in [6.07, 6.45) is -1.22. The molecule has 0 aliphatic rings. The fraction of sp³-hybridized carbons (Fsp3) is 0.182. The van der Waals surface area contributed by atoms with Crippen molar-refractivity contribution in [1.82, 2.24) is 11.0 Å². The summed E-state index contributed by atoms with van der Waals surface area (Å²) in [5.74, 6) is -1.47. The van der Waals surface area contributed by atoms with E-state index in [4.69, 9.17) is 30.6 Å². The third-order valence-electron chi connectivity index (χ3n) is 6.74.